The zero-order valence-corrected chi connectivity index (χ0v) is 10.3. The van der Waals surface area contributed by atoms with E-state index in [0.717, 1.165) is 28.9 Å². The van der Waals surface area contributed by atoms with Gasteiger partial charge in [-0.25, -0.2) is 13.7 Å². The second kappa shape index (κ2) is 5.65. The zero-order chi connectivity index (χ0) is 13.8. The Labute approximate surface area is 110 Å². The van der Waals surface area contributed by atoms with Crippen LogP contribution in [0.4, 0.5) is 8.78 Å². The van der Waals surface area contributed by atoms with Gasteiger partial charge in [0.2, 0.25) is 5.96 Å². The summed E-state index contributed by atoms with van der Waals surface area (Å²) in [7, 11) is 0. The van der Waals surface area contributed by atoms with E-state index in [1.807, 2.05) is 0 Å². The molecule has 1 atom stereocenters. The molecule has 1 aromatic carbocycles. The van der Waals surface area contributed by atoms with Crippen LogP contribution in [0.1, 0.15) is 23.6 Å². The number of guanidine groups is 1. The first-order valence-corrected chi connectivity index (χ1v) is 6.02. The molecule has 19 heavy (non-hydrogen) atoms. The largest absolute Gasteiger partial charge is 0.349 e. The smallest absolute Gasteiger partial charge is 0.205 e. The van der Waals surface area contributed by atoms with Gasteiger partial charge in [-0.15, -0.1) is 0 Å². The van der Waals surface area contributed by atoms with Crippen LogP contribution in [0.5, 0.6) is 0 Å². The van der Waals surface area contributed by atoms with Crippen molar-refractivity contribution < 1.29 is 8.78 Å². The number of hydrogen-bond acceptors (Lipinski definition) is 2. The molecule has 1 aliphatic rings. The Hall–Kier alpha value is -2.16. The highest BCUT2D eigenvalue weighted by atomic mass is 19.1. The standard InChI is InChI=1S/C13H14F2N4/c14-5-6-19(8-16)13(17)18-12-4-2-9-1-3-10(15)7-11(9)12/h1,3,7,12H,2,4-6H2,(H2,17,18). The molecule has 1 unspecified atom stereocenters. The lowest BCUT2D eigenvalue weighted by atomic mass is 10.1. The summed E-state index contributed by atoms with van der Waals surface area (Å²) >= 11 is 0. The van der Waals surface area contributed by atoms with E-state index in [1.54, 1.807) is 12.3 Å². The predicted molar refractivity (Wildman–Crippen MR) is 66.6 cm³/mol. The Morgan fingerprint density at radius 2 is 2.37 bits per heavy atom. The zero-order valence-electron chi connectivity index (χ0n) is 10.3. The van der Waals surface area contributed by atoms with Crippen molar-refractivity contribution in [3.63, 3.8) is 0 Å². The number of rotatable bonds is 3. The summed E-state index contributed by atoms with van der Waals surface area (Å²) in [5, 5.41) is 19.4. The Kier molecular flexibility index (Phi) is 3.95. The van der Waals surface area contributed by atoms with Crippen LogP contribution in [0.15, 0.2) is 18.2 Å². The van der Waals surface area contributed by atoms with E-state index >= 15 is 0 Å². The third-order valence-corrected chi connectivity index (χ3v) is 3.20. The molecule has 0 saturated carbocycles. The molecule has 0 aromatic heterocycles. The molecule has 0 fully saturated rings. The van der Waals surface area contributed by atoms with Crippen LogP contribution in [0, 0.1) is 22.7 Å². The van der Waals surface area contributed by atoms with Crippen LogP contribution in [0.2, 0.25) is 0 Å². The van der Waals surface area contributed by atoms with E-state index in [1.165, 1.54) is 12.1 Å². The maximum atomic E-state index is 13.2. The number of alkyl halides is 1. The van der Waals surface area contributed by atoms with Gasteiger partial charge in [-0.1, -0.05) is 6.07 Å². The van der Waals surface area contributed by atoms with Gasteiger partial charge in [0.05, 0.1) is 12.6 Å². The third-order valence-electron chi connectivity index (χ3n) is 3.20. The Balaban J connectivity index is 2.08. The number of hydrogen-bond donors (Lipinski definition) is 2. The van der Waals surface area contributed by atoms with Gasteiger partial charge < -0.3 is 5.32 Å². The van der Waals surface area contributed by atoms with Gasteiger partial charge in [-0.2, -0.15) is 5.26 Å². The Morgan fingerprint density at radius 1 is 1.58 bits per heavy atom. The van der Waals surface area contributed by atoms with Gasteiger partial charge in [0.15, 0.2) is 6.19 Å². The van der Waals surface area contributed by atoms with Crippen LogP contribution in [0.25, 0.3) is 0 Å². The van der Waals surface area contributed by atoms with Gasteiger partial charge in [0, 0.05) is 0 Å². The average molecular weight is 264 g/mol. The van der Waals surface area contributed by atoms with Crippen molar-refractivity contribution in [1.29, 1.82) is 10.7 Å². The fourth-order valence-electron chi connectivity index (χ4n) is 2.26. The number of nitriles is 1. The van der Waals surface area contributed by atoms with E-state index in [4.69, 9.17) is 10.7 Å². The molecule has 4 nitrogen and oxygen atoms in total. The number of aryl methyl sites for hydroxylation is 1. The molecule has 0 heterocycles. The lowest BCUT2D eigenvalue weighted by molar-refractivity contribution is 0.410. The molecule has 100 valence electrons. The lowest BCUT2D eigenvalue weighted by Crippen LogP contribution is -2.40. The minimum Gasteiger partial charge on any atom is -0.349 e. The molecule has 0 bridgehead atoms. The fraction of sp³-hybridized carbons (Fsp3) is 0.385. The normalized spacial score (nSPS) is 16.6. The number of halogens is 2. The Morgan fingerprint density at radius 3 is 3.05 bits per heavy atom. The SMILES string of the molecule is N#CN(CCF)C(=N)NC1CCc2ccc(F)cc21. The molecule has 0 saturated heterocycles. The molecular formula is C13H14F2N4. The van der Waals surface area contributed by atoms with Gasteiger partial charge >= 0.3 is 0 Å². The summed E-state index contributed by atoms with van der Waals surface area (Å²) < 4.78 is 25.5. The van der Waals surface area contributed by atoms with Crippen LogP contribution in [0.3, 0.4) is 0 Å². The van der Waals surface area contributed by atoms with Crippen molar-refractivity contribution in [2.45, 2.75) is 18.9 Å². The van der Waals surface area contributed by atoms with Crippen molar-refractivity contribution >= 4 is 5.96 Å². The molecule has 1 aromatic rings. The van der Waals surface area contributed by atoms with E-state index in [2.05, 4.69) is 5.32 Å². The summed E-state index contributed by atoms with van der Waals surface area (Å²) in [6.07, 6.45) is 3.28. The van der Waals surface area contributed by atoms with E-state index in [-0.39, 0.29) is 24.4 Å². The first kappa shape index (κ1) is 13.3. The first-order chi connectivity index (χ1) is 9.15. The molecule has 2 rings (SSSR count). The van der Waals surface area contributed by atoms with Crippen LogP contribution in [-0.2, 0) is 6.42 Å². The molecule has 0 spiro atoms. The number of fused-ring (bicyclic) bond motifs is 1. The molecular weight excluding hydrogens is 250 g/mol. The second-order valence-electron chi connectivity index (χ2n) is 4.37. The highest BCUT2D eigenvalue weighted by Gasteiger charge is 2.24. The van der Waals surface area contributed by atoms with Crippen LogP contribution in [-0.4, -0.2) is 24.1 Å². The molecule has 0 radical (unpaired) electrons. The van der Waals surface area contributed by atoms with E-state index in [0.29, 0.717) is 0 Å². The van der Waals surface area contributed by atoms with Crippen LogP contribution >= 0.6 is 0 Å². The number of nitrogens with zero attached hydrogens (tertiary/aromatic N) is 2. The summed E-state index contributed by atoms with van der Waals surface area (Å²) in [4.78, 5) is 0.942. The summed E-state index contributed by atoms with van der Waals surface area (Å²) in [5.41, 5.74) is 1.85. The van der Waals surface area contributed by atoms with Crippen molar-refractivity contribution in [3.05, 3.63) is 35.1 Å². The molecule has 6 heteroatoms. The van der Waals surface area contributed by atoms with Gasteiger partial charge in [0.25, 0.3) is 0 Å². The maximum Gasteiger partial charge on any atom is 0.205 e. The van der Waals surface area contributed by atoms with Crippen molar-refractivity contribution in [1.82, 2.24) is 10.2 Å². The fourth-order valence-corrected chi connectivity index (χ4v) is 2.26. The second-order valence-corrected chi connectivity index (χ2v) is 4.37. The maximum absolute atomic E-state index is 13.2. The quantitative estimate of drug-likeness (QED) is 0.380. The average Bonchev–Trinajstić information content (AvgIpc) is 2.78. The first-order valence-electron chi connectivity index (χ1n) is 6.02. The molecule has 0 aliphatic heterocycles. The summed E-state index contributed by atoms with van der Waals surface area (Å²) in [6, 6.07) is 4.39. The van der Waals surface area contributed by atoms with Crippen molar-refractivity contribution in [2.75, 3.05) is 13.2 Å². The van der Waals surface area contributed by atoms with Crippen molar-refractivity contribution in [2.24, 2.45) is 0 Å². The Bertz CT molecular complexity index is 524. The molecule has 1 aliphatic carbocycles. The predicted octanol–water partition coefficient (Wildman–Crippen LogP) is 2.09. The minimum absolute atomic E-state index is 0.148. The van der Waals surface area contributed by atoms with Gasteiger partial charge in [-0.3, -0.25) is 5.41 Å². The van der Waals surface area contributed by atoms with Gasteiger partial charge in [-0.05, 0) is 36.1 Å². The van der Waals surface area contributed by atoms with E-state index < -0.39 is 6.67 Å². The number of nitrogens with one attached hydrogen (secondary N) is 2. The minimum atomic E-state index is -0.701. The molecule has 2 N–H and O–H groups in total. The highest BCUT2D eigenvalue weighted by Crippen LogP contribution is 2.31. The monoisotopic (exact) mass is 264 g/mol. The third kappa shape index (κ3) is 2.81. The van der Waals surface area contributed by atoms with Crippen molar-refractivity contribution in [3.8, 4) is 6.19 Å². The highest BCUT2D eigenvalue weighted by molar-refractivity contribution is 5.78. The lowest BCUT2D eigenvalue weighted by Gasteiger charge is -2.21. The molecule has 0 amide bonds. The van der Waals surface area contributed by atoms with E-state index in [9.17, 15) is 8.78 Å². The summed E-state index contributed by atoms with van der Waals surface area (Å²) in [6.45, 7) is -0.849. The topological polar surface area (TPSA) is 62.9 Å². The summed E-state index contributed by atoms with van der Waals surface area (Å²) in [5.74, 6) is -0.470. The van der Waals surface area contributed by atoms with Crippen LogP contribution < -0.4 is 5.32 Å². The number of benzene rings is 1. The van der Waals surface area contributed by atoms with Gasteiger partial charge in [0.1, 0.15) is 12.5 Å².